The Balaban J connectivity index is 2.16. The molecule has 2 aromatic rings. The largest absolute Gasteiger partial charge is 0.272 e. The summed E-state index contributed by atoms with van der Waals surface area (Å²) in [4.78, 5) is 0. The smallest absolute Gasteiger partial charge is 0.186 e. The van der Waals surface area contributed by atoms with Crippen molar-refractivity contribution in [3.05, 3.63) is 65.5 Å². The maximum Gasteiger partial charge on any atom is 0.272 e. The molecule has 1 aromatic carbocycles. The van der Waals surface area contributed by atoms with E-state index in [0.29, 0.717) is 0 Å². The van der Waals surface area contributed by atoms with Crippen molar-refractivity contribution in [3.8, 4) is 24.2 Å². The van der Waals surface area contributed by atoms with Gasteiger partial charge < -0.3 is 0 Å². The third kappa shape index (κ3) is 5.32. The summed E-state index contributed by atoms with van der Waals surface area (Å²) < 4.78 is 2.14. The highest BCUT2D eigenvalue weighted by atomic mass is 14.9. The molecule has 1 aromatic heterocycles. The predicted octanol–water partition coefficient (Wildman–Crippen LogP) is 4.33. The van der Waals surface area contributed by atoms with Gasteiger partial charge in [-0.25, -0.2) is 0 Å². The molecule has 0 N–H and O–H groups in total. The number of terminal acetylenes is 1. The molecule has 2 rings (SSSR count). The Hall–Kier alpha value is -2.51. The van der Waals surface area contributed by atoms with Crippen LogP contribution in [0.15, 0.2) is 48.7 Å². The molecule has 1 heterocycles. The van der Waals surface area contributed by atoms with Crippen LogP contribution in [0.25, 0.3) is 0 Å². The van der Waals surface area contributed by atoms with Crippen molar-refractivity contribution in [3.63, 3.8) is 0 Å². The molecule has 0 fully saturated rings. The van der Waals surface area contributed by atoms with E-state index in [4.69, 9.17) is 6.42 Å². The minimum absolute atomic E-state index is 0.788. The van der Waals surface area contributed by atoms with Crippen LogP contribution in [0.5, 0.6) is 0 Å². The molecular formula is C22H24N+. The molecule has 0 aliphatic heterocycles. The first-order valence-electron chi connectivity index (χ1n) is 8.37. The number of hydrogen-bond acceptors (Lipinski definition) is 0. The maximum absolute atomic E-state index is 5.65. The highest BCUT2D eigenvalue weighted by molar-refractivity contribution is 5.42. The molecule has 0 saturated carbocycles. The molecule has 0 atom stereocenters. The first-order chi connectivity index (χ1) is 11.3. The number of hydrogen-bond donors (Lipinski definition) is 0. The number of rotatable bonds is 6. The highest BCUT2D eigenvalue weighted by Crippen LogP contribution is 2.05. The van der Waals surface area contributed by atoms with Gasteiger partial charge in [-0.3, -0.25) is 0 Å². The van der Waals surface area contributed by atoms with Gasteiger partial charge in [0.25, 0.3) is 5.69 Å². The fourth-order valence-corrected chi connectivity index (χ4v) is 2.51. The average Bonchev–Trinajstić information content (AvgIpc) is 2.59. The van der Waals surface area contributed by atoms with E-state index in [2.05, 4.69) is 59.7 Å². The molecule has 0 aliphatic carbocycles. The van der Waals surface area contributed by atoms with Gasteiger partial charge in [-0.1, -0.05) is 68.4 Å². The summed E-state index contributed by atoms with van der Waals surface area (Å²) in [6.45, 7) is 3.01. The first-order valence-corrected chi connectivity index (χ1v) is 8.37. The van der Waals surface area contributed by atoms with E-state index in [0.717, 1.165) is 30.6 Å². The monoisotopic (exact) mass is 302 g/mol. The zero-order valence-electron chi connectivity index (χ0n) is 13.9. The first kappa shape index (κ1) is 16.9. The third-order valence-electron chi connectivity index (χ3n) is 3.78. The van der Waals surface area contributed by atoms with Gasteiger partial charge in [0, 0.05) is 24.0 Å². The van der Waals surface area contributed by atoms with E-state index >= 15 is 0 Å². The van der Waals surface area contributed by atoms with Crippen molar-refractivity contribution in [2.24, 2.45) is 0 Å². The van der Waals surface area contributed by atoms with Crippen molar-refractivity contribution in [2.45, 2.75) is 45.6 Å². The van der Waals surface area contributed by atoms with E-state index in [9.17, 15) is 0 Å². The van der Waals surface area contributed by atoms with Crippen molar-refractivity contribution in [1.29, 1.82) is 0 Å². The Kier molecular flexibility index (Phi) is 6.96. The fraction of sp³-hybridized carbons (Fsp3) is 0.318. The van der Waals surface area contributed by atoms with Crippen LogP contribution in [0, 0.1) is 24.2 Å². The quantitative estimate of drug-likeness (QED) is 0.425. The Morgan fingerprint density at radius 1 is 1.00 bits per heavy atom. The zero-order chi connectivity index (χ0) is 16.3. The van der Waals surface area contributed by atoms with Crippen molar-refractivity contribution < 1.29 is 4.57 Å². The molecule has 0 spiro atoms. The Labute approximate surface area is 140 Å². The van der Waals surface area contributed by atoms with Gasteiger partial charge in [0.15, 0.2) is 12.7 Å². The molecule has 23 heavy (non-hydrogen) atoms. The summed E-state index contributed by atoms with van der Waals surface area (Å²) >= 11 is 0. The van der Waals surface area contributed by atoms with Gasteiger partial charge in [0.1, 0.15) is 5.56 Å². The number of benzene rings is 1. The van der Waals surface area contributed by atoms with E-state index in [-0.39, 0.29) is 0 Å². The lowest BCUT2D eigenvalue weighted by atomic mass is 10.1. The molecule has 1 nitrogen and oxygen atoms in total. The van der Waals surface area contributed by atoms with Crippen molar-refractivity contribution in [1.82, 2.24) is 0 Å². The van der Waals surface area contributed by atoms with E-state index in [1.165, 1.54) is 24.8 Å². The Morgan fingerprint density at radius 3 is 2.57 bits per heavy atom. The highest BCUT2D eigenvalue weighted by Gasteiger charge is 2.13. The summed E-state index contributed by atoms with van der Waals surface area (Å²) in [5.41, 5.74) is 3.05. The molecule has 0 aliphatic rings. The van der Waals surface area contributed by atoms with Crippen LogP contribution in [0.3, 0.4) is 0 Å². The maximum atomic E-state index is 5.65. The van der Waals surface area contributed by atoms with Crippen LogP contribution >= 0.6 is 0 Å². The summed E-state index contributed by atoms with van der Waals surface area (Å²) in [7, 11) is 0. The lowest BCUT2D eigenvalue weighted by molar-refractivity contribution is -0.690. The van der Waals surface area contributed by atoms with Crippen LogP contribution in [-0.4, -0.2) is 0 Å². The van der Waals surface area contributed by atoms with Crippen LogP contribution in [0.4, 0.5) is 0 Å². The lowest BCUT2D eigenvalue weighted by Crippen LogP contribution is -2.38. The number of nitrogens with zero attached hydrogens (tertiary/aromatic N) is 1. The third-order valence-corrected chi connectivity index (χ3v) is 3.78. The van der Waals surface area contributed by atoms with Gasteiger partial charge in [-0.15, -0.1) is 6.42 Å². The average molecular weight is 302 g/mol. The molecule has 0 bridgehead atoms. The molecule has 0 radical (unpaired) electrons. The molecule has 1 heteroatoms. The van der Waals surface area contributed by atoms with E-state index < -0.39 is 0 Å². The fourth-order valence-electron chi connectivity index (χ4n) is 2.51. The SMILES string of the molecule is C#Cc1ccc[n+](Cc2ccccc2)c1C#CCCCCCC. The predicted molar refractivity (Wildman–Crippen MR) is 95.8 cm³/mol. The van der Waals surface area contributed by atoms with E-state index in [1.807, 2.05) is 18.2 Å². The van der Waals surface area contributed by atoms with Crippen molar-refractivity contribution in [2.75, 3.05) is 0 Å². The second kappa shape index (κ2) is 9.50. The second-order valence-corrected chi connectivity index (χ2v) is 5.64. The van der Waals surface area contributed by atoms with Crippen LogP contribution in [0.2, 0.25) is 0 Å². The minimum atomic E-state index is 0.788. The zero-order valence-corrected chi connectivity index (χ0v) is 13.9. The normalized spacial score (nSPS) is 9.74. The minimum Gasteiger partial charge on any atom is -0.186 e. The Bertz CT molecular complexity index is 711. The van der Waals surface area contributed by atoms with Crippen LogP contribution < -0.4 is 4.57 Å². The summed E-state index contributed by atoms with van der Waals surface area (Å²) in [5, 5.41) is 0. The number of pyridine rings is 1. The van der Waals surface area contributed by atoms with Gasteiger partial charge in [0.2, 0.25) is 0 Å². The lowest BCUT2D eigenvalue weighted by Gasteiger charge is -2.02. The molecule has 0 amide bonds. The summed E-state index contributed by atoms with van der Waals surface area (Å²) in [6, 6.07) is 14.3. The molecule has 116 valence electrons. The topological polar surface area (TPSA) is 3.88 Å². The van der Waals surface area contributed by atoms with Crippen LogP contribution in [-0.2, 0) is 6.54 Å². The van der Waals surface area contributed by atoms with E-state index in [1.54, 1.807) is 0 Å². The molecular weight excluding hydrogens is 278 g/mol. The van der Waals surface area contributed by atoms with Crippen LogP contribution in [0.1, 0.15) is 55.8 Å². The second-order valence-electron chi connectivity index (χ2n) is 5.64. The van der Waals surface area contributed by atoms with Gasteiger partial charge in [-0.2, -0.15) is 4.57 Å². The van der Waals surface area contributed by atoms with Gasteiger partial charge in [0.05, 0.1) is 0 Å². The van der Waals surface area contributed by atoms with Gasteiger partial charge in [-0.05, 0) is 12.5 Å². The summed E-state index contributed by atoms with van der Waals surface area (Å²) in [6.07, 6.45) is 13.6. The van der Waals surface area contributed by atoms with Crippen molar-refractivity contribution >= 4 is 0 Å². The number of aromatic nitrogens is 1. The molecule has 0 saturated heterocycles. The summed E-state index contributed by atoms with van der Waals surface area (Å²) in [5.74, 6) is 9.36. The standard InChI is InChI=1S/C22H24N/c1-3-5-6-7-8-12-17-22-21(4-2)16-13-18-23(22)19-20-14-10-9-11-15-20/h2,9-11,13-16,18H,3,5-8,19H2,1H3/q+1. The van der Waals surface area contributed by atoms with Gasteiger partial charge >= 0.3 is 0 Å². The number of unbranched alkanes of at least 4 members (excludes halogenated alkanes) is 4. The Morgan fingerprint density at radius 2 is 1.83 bits per heavy atom. The molecule has 0 unspecified atom stereocenters.